The summed E-state index contributed by atoms with van der Waals surface area (Å²) >= 11 is 5.90. The molecule has 8 nitrogen and oxygen atoms in total. The Kier molecular flexibility index (Phi) is 6.67. The minimum atomic E-state index is -0.338. The van der Waals surface area contributed by atoms with E-state index in [4.69, 9.17) is 17.3 Å². The number of carbonyl (C=O) groups excluding carboxylic acids is 1. The lowest BCUT2D eigenvalue weighted by atomic mass is 10.1. The van der Waals surface area contributed by atoms with Gasteiger partial charge in [-0.05, 0) is 44.1 Å². The fraction of sp³-hybridized carbons (Fsp3) is 0.389. The van der Waals surface area contributed by atoms with E-state index < -0.39 is 0 Å². The Morgan fingerprint density at radius 3 is 2.74 bits per heavy atom. The van der Waals surface area contributed by atoms with Gasteiger partial charge in [-0.1, -0.05) is 24.1 Å². The molecule has 1 aromatic heterocycles. The van der Waals surface area contributed by atoms with Crippen LogP contribution in [0, 0.1) is 0 Å². The Morgan fingerprint density at radius 2 is 1.96 bits per heavy atom. The number of benzene rings is 1. The fourth-order valence-electron chi connectivity index (χ4n) is 2.97. The summed E-state index contributed by atoms with van der Waals surface area (Å²) in [6.07, 6.45) is 5.23. The molecule has 0 unspecified atom stereocenters. The first kappa shape index (κ1) is 19.2. The van der Waals surface area contributed by atoms with Gasteiger partial charge < -0.3 is 16.0 Å². The second-order valence-corrected chi connectivity index (χ2v) is 6.84. The maximum absolute atomic E-state index is 12.2. The predicted molar refractivity (Wildman–Crippen MR) is 108 cm³/mol. The summed E-state index contributed by atoms with van der Waals surface area (Å²) < 4.78 is 0. The monoisotopic (exact) mass is 389 g/mol. The van der Waals surface area contributed by atoms with Crippen LogP contribution in [0.15, 0.2) is 30.6 Å². The number of anilines is 3. The van der Waals surface area contributed by atoms with Crippen molar-refractivity contribution in [3.8, 4) is 0 Å². The van der Waals surface area contributed by atoms with Crippen LogP contribution in [0.1, 0.15) is 29.6 Å². The molecule has 0 bridgehead atoms. The number of carbonyl (C=O) groups is 1. The van der Waals surface area contributed by atoms with Crippen molar-refractivity contribution in [2.45, 2.75) is 19.3 Å². The number of hydrazine groups is 1. The lowest BCUT2D eigenvalue weighted by molar-refractivity contribution is 0.0962. The first-order chi connectivity index (χ1) is 13.1. The van der Waals surface area contributed by atoms with Crippen LogP contribution in [-0.2, 0) is 0 Å². The van der Waals surface area contributed by atoms with Gasteiger partial charge in [-0.15, -0.1) is 0 Å². The van der Waals surface area contributed by atoms with Crippen LogP contribution in [0.2, 0.25) is 5.02 Å². The molecule has 2 aromatic rings. The van der Waals surface area contributed by atoms with E-state index >= 15 is 0 Å². The number of hydrogen-bond donors (Lipinski definition) is 4. The topological polar surface area (TPSA) is 108 Å². The van der Waals surface area contributed by atoms with Crippen LogP contribution in [-0.4, -0.2) is 47.0 Å². The van der Waals surface area contributed by atoms with Crippen molar-refractivity contribution >= 4 is 34.8 Å². The zero-order chi connectivity index (χ0) is 19.1. The molecule has 1 aliphatic rings. The number of aromatic nitrogens is 2. The fourth-order valence-corrected chi connectivity index (χ4v) is 3.16. The van der Waals surface area contributed by atoms with Gasteiger partial charge in [0.2, 0.25) is 0 Å². The molecule has 1 amide bonds. The molecule has 1 fully saturated rings. The number of rotatable bonds is 7. The SMILES string of the molecule is Nc1c(NCCN2CCCCC2)ncnc1NNC(=O)c1cccc(Cl)c1. The third-order valence-corrected chi connectivity index (χ3v) is 4.67. The Hall–Kier alpha value is -2.58. The van der Waals surface area contributed by atoms with Crippen molar-refractivity contribution in [1.82, 2.24) is 20.3 Å². The summed E-state index contributed by atoms with van der Waals surface area (Å²) in [6.45, 7) is 3.97. The number of likely N-dealkylation sites (tertiary alicyclic amines) is 1. The largest absolute Gasteiger partial charge is 0.393 e. The second-order valence-electron chi connectivity index (χ2n) is 6.40. The molecule has 144 valence electrons. The van der Waals surface area contributed by atoms with Gasteiger partial charge in [-0.2, -0.15) is 0 Å². The van der Waals surface area contributed by atoms with Gasteiger partial charge >= 0.3 is 0 Å². The van der Waals surface area contributed by atoms with Crippen molar-refractivity contribution in [3.63, 3.8) is 0 Å². The number of piperidine rings is 1. The number of nitrogen functional groups attached to an aromatic ring is 1. The molecule has 1 aromatic carbocycles. The van der Waals surface area contributed by atoms with E-state index in [1.807, 2.05) is 0 Å². The van der Waals surface area contributed by atoms with Crippen molar-refractivity contribution in [1.29, 1.82) is 0 Å². The first-order valence-electron chi connectivity index (χ1n) is 9.02. The summed E-state index contributed by atoms with van der Waals surface area (Å²) in [7, 11) is 0. The Morgan fingerprint density at radius 1 is 1.19 bits per heavy atom. The lowest BCUT2D eigenvalue weighted by Gasteiger charge is -2.26. The third-order valence-electron chi connectivity index (χ3n) is 4.43. The van der Waals surface area contributed by atoms with E-state index in [-0.39, 0.29) is 5.91 Å². The molecule has 5 N–H and O–H groups in total. The number of nitrogens with zero attached hydrogens (tertiary/aromatic N) is 3. The Labute approximate surface area is 163 Å². The second kappa shape index (κ2) is 9.38. The molecule has 1 aliphatic heterocycles. The molecule has 0 atom stereocenters. The predicted octanol–water partition coefficient (Wildman–Crippen LogP) is 2.37. The minimum absolute atomic E-state index is 0.334. The number of hydrogen-bond acceptors (Lipinski definition) is 7. The van der Waals surface area contributed by atoms with Gasteiger partial charge in [-0.25, -0.2) is 9.97 Å². The zero-order valence-electron chi connectivity index (χ0n) is 15.0. The van der Waals surface area contributed by atoms with E-state index in [9.17, 15) is 4.79 Å². The van der Waals surface area contributed by atoms with Crippen LogP contribution in [0.4, 0.5) is 17.3 Å². The summed E-state index contributed by atoms with van der Waals surface area (Å²) in [5.74, 6) is 0.539. The molecule has 0 spiro atoms. The van der Waals surface area contributed by atoms with E-state index in [2.05, 4.69) is 31.0 Å². The maximum atomic E-state index is 12.2. The van der Waals surface area contributed by atoms with Gasteiger partial charge in [0.1, 0.15) is 12.0 Å². The van der Waals surface area contributed by atoms with Crippen molar-refractivity contribution in [2.24, 2.45) is 0 Å². The summed E-state index contributed by atoms with van der Waals surface area (Å²) in [5, 5.41) is 3.73. The molecular formula is C18H24ClN7O. The highest BCUT2D eigenvalue weighted by Gasteiger charge is 2.12. The van der Waals surface area contributed by atoms with Crippen molar-refractivity contribution < 1.29 is 4.79 Å². The molecule has 3 rings (SSSR count). The molecule has 2 heterocycles. The average Bonchev–Trinajstić information content (AvgIpc) is 2.69. The highest BCUT2D eigenvalue weighted by molar-refractivity contribution is 6.30. The van der Waals surface area contributed by atoms with Crippen LogP contribution >= 0.6 is 11.6 Å². The van der Waals surface area contributed by atoms with Crippen LogP contribution in [0.25, 0.3) is 0 Å². The Balaban J connectivity index is 1.53. The van der Waals surface area contributed by atoms with Crippen molar-refractivity contribution in [2.75, 3.05) is 42.7 Å². The summed E-state index contributed by atoms with van der Waals surface area (Å²) in [4.78, 5) is 22.9. The number of amides is 1. The van der Waals surface area contributed by atoms with Crippen LogP contribution < -0.4 is 21.9 Å². The summed E-state index contributed by atoms with van der Waals surface area (Å²) in [6, 6.07) is 6.66. The molecule has 27 heavy (non-hydrogen) atoms. The summed E-state index contributed by atoms with van der Waals surface area (Å²) in [5.41, 5.74) is 12.2. The van der Waals surface area contributed by atoms with E-state index in [0.29, 0.717) is 27.9 Å². The normalized spacial score (nSPS) is 14.6. The van der Waals surface area contributed by atoms with Crippen molar-refractivity contribution in [3.05, 3.63) is 41.2 Å². The number of halogens is 1. The third kappa shape index (κ3) is 5.45. The van der Waals surface area contributed by atoms with Gasteiger partial charge in [-0.3, -0.25) is 15.6 Å². The van der Waals surface area contributed by atoms with E-state index in [0.717, 1.165) is 26.2 Å². The standard InChI is InChI=1S/C18H24ClN7O/c19-14-6-4-5-13(11-14)18(27)25-24-17-15(20)16(22-12-23-17)21-7-10-26-8-2-1-3-9-26/h4-6,11-12H,1-3,7-10,20H2,(H,25,27)(H2,21,22,23,24). The van der Waals surface area contributed by atoms with E-state index in [1.54, 1.807) is 24.3 Å². The van der Waals surface area contributed by atoms with Gasteiger partial charge in [0.25, 0.3) is 5.91 Å². The average molecular weight is 390 g/mol. The molecule has 0 radical (unpaired) electrons. The molecule has 9 heteroatoms. The zero-order valence-corrected chi connectivity index (χ0v) is 15.8. The lowest BCUT2D eigenvalue weighted by Crippen LogP contribution is -2.34. The maximum Gasteiger partial charge on any atom is 0.269 e. The quantitative estimate of drug-likeness (QED) is 0.538. The smallest absolute Gasteiger partial charge is 0.269 e. The van der Waals surface area contributed by atoms with Crippen LogP contribution in [0.5, 0.6) is 0 Å². The van der Waals surface area contributed by atoms with E-state index in [1.165, 1.54) is 25.6 Å². The first-order valence-corrected chi connectivity index (χ1v) is 9.40. The molecule has 1 saturated heterocycles. The Bertz CT molecular complexity index is 780. The minimum Gasteiger partial charge on any atom is -0.393 e. The van der Waals surface area contributed by atoms with Crippen LogP contribution in [0.3, 0.4) is 0 Å². The number of nitrogens with two attached hydrogens (primary N) is 1. The highest BCUT2D eigenvalue weighted by atomic mass is 35.5. The van der Waals surface area contributed by atoms with Gasteiger partial charge in [0.15, 0.2) is 11.6 Å². The van der Waals surface area contributed by atoms with Gasteiger partial charge in [0.05, 0.1) is 0 Å². The highest BCUT2D eigenvalue weighted by Crippen LogP contribution is 2.21. The molecular weight excluding hydrogens is 366 g/mol. The molecule has 0 saturated carbocycles. The molecule has 0 aliphatic carbocycles. The van der Waals surface area contributed by atoms with Gasteiger partial charge in [0, 0.05) is 23.7 Å². The number of nitrogens with one attached hydrogen (secondary N) is 3.